The normalized spacial score (nSPS) is 17.0. The second kappa shape index (κ2) is 12.8. The first-order chi connectivity index (χ1) is 17.6. The summed E-state index contributed by atoms with van der Waals surface area (Å²) in [5.74, 6) is 1.07. The van der Waals surface area contributed by atoms with E-state index in [9.17, 15) is 14.4 Å². The number of Topliss-reactive ketones (excluding diaryl/α,β-unsaturated/α-hetero) is 3. The Morgan fingerprint density at radius 1 is 1.03 bits per heavy atom. The van der Waals surface area contributed by atoms with Crippen molar-refractivity contribution >= 4 is 17.3 Å². The van der Waals surface area contributed by atoms with Crippen LogP contribution < -0.4 is 0 Å². The summed E-state index contributed by atoms with van der Waals surface area (Å²) in [6.45, 7) is 14.4. The Labute approximate surface area is 224 Å². The van der Waals surface area contributed by atoms with Crippen molar-refractivity contribution in [1.29, 1.82) is 0 Å². The highest BCUT2D eigenvalue weighted by Gasteiger charge is 2.34. The fraction of sp³-hybridized carbons (Fsp3) is 0.559. The second-order valence-electron chi connectivity index (χ2n) is 11.5. The minimum atomic E-state index is -0.104. The molecule has 0 heterocycles. The van der Waals surface area contributed by atoms with Gasteiger partial charge in [0.2, 0.25) is 0 Å². The third-order valence-electron chi connectivity index (χ3n) is 8.46. The van der Waals surface area contributed by atoms with Crippen LogP contribution in [0.25, 0.3) is 11.1 Å². The Hall–Kier alpha value is -2.55. The van der Waals surface area contributed by atoms with Gasteiger partial charge in [-0.2, -0.15) is 0 Å². The van der Waals surface area contributed by atoms with Gasteiger partial charge in [0.15, 0.2) is 5.78 Å². The molecule has 0 spiro atoms. The molecule has 0 fully saturated rings. The predicted octanol–water partition coefficient (Wildman–Crippen LogP) is 8.47. The van der Waals surface area contributed by atoms with E-state index in [2.05, 4.69) is 71.9 Å². The van der Waals surface area contributed by atoms with Crippen LogP contribution >= 0.6 is 0 Å². The number of rotatable bonds is 12. The zero-order valence-electron chi connectivity index (χ0n) is 24.1. The van der Waals surface area contributed by atoms with Gasteiger partial charge in [-0.25, -0.2) is 0 Å². The molecule has 2 aromatic rings. The SMILES string of the molecule is CCCC(CC1CC(=O)c2c(C)c(CC)cc(-c3ccc(C(C)C)cc3)c2C1)C(CC)C(=O)CC(C)=O. The van der Waals surface area contributed by atoms with E-state index in [-0.39, 0.29) is 41.5 Å². The quantitative estimate of drug-likeness (QED) is 0.273. The van der Waals surface area contributed by atoms with E-state index in [0.29, 0.717) is 12.3 Å². The second-order valence-corrected chi connectivity index (χ2v) is 11.5. The molecule has 0 amide bonds. The lowest BCUT2D eigenvalue weighted by molar-refractivity contribution is -0.129. The van der Waals surface area contributed by atoms with Crippen LogP contribution in [0.1, 0.15) is 119 Å². The Balaban J connectivity index is 2.00. The van der Waals surface area contributed by atoms with Crippen LogP contribution in [-0.2, 0) is 22.4 Å². The average molecular weight is 503 g/mol. The maximum Gasteiger partial charge on any atom is 0.163 e. The lowest BCUT2D eigenvalue weighted by Crippen LogP contribution is -2.30. The average Bonchev–Trinajstić information content (AvgIpc) is 2.84. The molecule has 3 unspecified atom stereocenters. The number of ketones is 3. The van der Waals surface area contributed by atoms with Gasteiger partial charge in [-0.15, -0.1) is 0 Å². The molecule has 3 rings (SSSR count). The van der Waals surface area contributed by atoms with Gasteiger partial charge in [-0.05, 0) is 90.7 Å². The topological polar surface area (TPSA) is 51.2 Å². The zero-order valence-corrected chi connectivity index (χ0v) is 24.1. The minimum Gasteiger partial charge on any atom is -0.300 e. The molecule has 37 heavy (non-hydrogen) atoms. The van der Waals surface area contributed by atoms with Crippen LogP contribution in [0, 0.1) is 24.7 Å². The summed E-state index contributed by atoms with van der Waals surface area (Å²) >= 11 is 0. The van der Waals surface area contributed by atoms with E-state index in [4.69, 9.17) is 0 Å². The molecule has 0 radical (unpaired) electrons. The Bertz CT molecular complexity index is 1120. The number of aryl methyl sites for hydroxylation is 1. The molecule has 0 saturated carbocycles. The van der Waals surface area contributed by atoms with Crippen molar-refractivity contribution < 1.29 is 14.4 Å². The van der Waals surface area contributed by atoms with Gasteiger partial charge in [-0.3, -0.25) is 14.4 Å². The molecule has 3 atom stereocenters. The van der Waals surface area contributed by atoms with Gasteiger partial charge in [0.25, 0.3) is 0 Å². The van der Waals surface area contributed by atoms with Gasteiger partial charge in [-0.1, -0.05) is 77.8 Å². The monoisotopic (exact) mass is 502 g/mol. The Kier molecular flexibility index (Phi) is 10.0. The fourth-order valence-corrected chi connectivity index (χ4v) is 6.53. The van der Waals surface area contributed by atoms with Gasteiger partial charge in [0, 0.05) is 17.9 Å². The van der Waals surface area contributed by atoms with Crippen LogP contribution in [0.2, 0.25) is 0 Å². The number of hydrogen-bond donors (Lipinski definition) is 0. The fourth-order valence-electron chi connectivity index (χ4n) is 6.53. The van der Waals surface area contributed by atoms with Crippen LogP contribution in [0.15, 0.2) is 30.3 Å². The molecule has 0 aromatic heterocycles. The molecule has 200 valence electrons. The number of carbonyl (C=O) groups is 3. The predicted molar refractivity (Wildman–Crippen MR) is 153 cm³/mol. The van der Waals surface area contributed by atoms with Gasteiger partial charge in [0.1, 0.15) is 11.6 Å². The zero-order chi connectivity index (χ0) is 27.3. The van der Waals surface area contributed by atoms with Crippen LogP contribution in [0.4, 0.5) is 0 Å². The highest BCUT2D eigenvalue weighted by Crippen LogP contribution is 2.41. The lowest BCUT2D eigenvalue weighted by atomic mass is 9.70. The molecule has 3 heteroatoms. The van der Waals surface area contributed by atoms with Gasteiger partial charge in [0.05, 0.1) is 6.42 Å². The van der Waals surface area contributed by atoms with E-state index >= 15 is 0 Å². The number of benzene rings is 2. The first-order valence-electron chi connectivity index (χ1n) is 14.4. The number of fused-ring (bicyclic) bond motifs is 1. The Morgan fingerprint density at radius 3 is 2.24 bits per heavy atom. The number of carbonyl (C=O) groups excluding carboxylic acids is 3. The molecule has 0 N–H and O–H groups in total. The van der Waals surface area contributed by atoms with Crippen LogP contribution in [0.3, 0.4) is 0 Å². The highest BCUT2D eigenvalue weighted by atomic mass is 16.1. The van der Waals surface area contributed by atoms with E-state index in [1.807, 2.05) is 0 Å². The van der Waals surface area contributed by atoms with Crippen LogP contribution in [-0.4, -0.2) is 17.3 Å². The molecular formula is C34H46O3. The maximum absolute atomic E-state index is 13.7. The van der Waals surface area contributed by atoms with Crippen molar-refractivity contribution in [2.75, 3.05) is 0 Å². The smallest absolute Gasteiger partial charge is 0.163 e. The summed E-state index contributed by atoms with van der Waals surface area (Å²) in [4.78, 5) is 38.3. The third-order valence-corrected chi connectivity index (χ3v) is 8.46. The lowest BCUT2D eigenvalue weighted by Gasteiger charge is -2.33. The molecule has 0 aliphatic heterocycles. The van der Waals surface area contributed by atoms with Crippen molar-refractivity contribution in [1.82, 2.24) is 0 Å². The molecule has 1 aliphatic rings. The largest absolute Gasteiger partial charge is 0.300 e. The molecule has 2 aromatic carbocycles. The summed E-state index contributed by atoms with van der Waals surface area (Å²) in [6.07, 6.45) is 5.91. The summed E-state index contributed by atoms with van der Waals surface area (Å²) in [6, 6.07) is 11.2. The minimum absolute atomic E-state index is 0.0284. The molecule has 3 nitrogen and oxygen atoms in total. The number of hydrogen-bond acceptors (Lipinski definition) is 3. The Morgan fingerprint density at radius 2 is 1.70 bits per heavy atom. The van der Waals surface area contributed by atoms with Crippen LogP contribution in [0.5, 0.6) is 0 Å². The van der Waals surface area contributed by atoms with Gasteiger partial charge < -0.3 is 0 Å². The molecular weight excluding hydrogens is 456 g/mol. The van der Waals surface area contributed by atoms with E-state index in [0.717, 1.165) is 49.7 Å². The molecule has 0 saturated heterocycles. The van der Waals surface area contributed by atoms with Crippen molar-refractivity contribution in [3.63, 3.8) is 0 Å². The highest BCUT2D eigenvalue weighted by molar-refractivity contribution is 6.02. The van der Waals surface area contributed by atoms with E-state index in [1.54, 1.807) is 0 Å². The summed E-state index contributed by atoms with van der Waals surface area (Å²) < 4.78 is 0. The maximum atomic E-state index is 13.7. The van der Waals surface area contributed by atoms with Crippen molar-refractivity contribution in [2.24, 2.45) is 17.8 Å². The van der Waals surface area contributed by atoms with E-state index in [1.165, 1.54) is 34.7 Å². The first-order valence-corrected chi connectivity index (χ1v) is 14.4. The standard InChI is InChI=1S/C34H46O3/c1-8-11-28(29(10-3)32(36)16-22(6)35)17-24-18-31-30(27-14-12-26(13-15-27)21(4)5)20-25(9-2)23(7)34(31)33(37)19-24/h12-15,20-21,24,28-29H,8-11,16-19H2,1-7H3. The summed E-state index contributed by atoms with van der Waals surface area (Å²) in [5.41, 5.74) is 8.19. The molecule has 0 bridgehead atoms. The first kappa shape index (κ1) is 29.0. The third kappa shape index (κ3) is 6.67. The van der Waals surface area contributed by atoms with E-state index < -0.39 is 0 Å². The van der Waals surface area contributed by atoms with Gasteiger partial charge >= 0.3 is 0 Å². The van der Waals surface area contributed by atoms with Crippen molar-refractivity contribution in [3.8, 4) is 11.1 Å². The van der Waals surface area contributed by atoms with Crippen molar-refractivity contribution in [3.05, 3.63) is 58.1 Å². The molecule has 1 aliphatic carbocycles. The van der Waals surface area contributed by atoms with Crippen molar-refractivity contribution in [2.45, 2.75) is 106 Å². The summed E-state index contributed by atoms with van der Waals surface area (Å²) in [7, 11) is 0. The summed E-state index contributed by atoms with van der Waals surface area (Å²) in [5, 5.41) is 0.